The van der Waals surface area contributed by atoms with E-state index in [1.165, 1.54) is 17.0 Å². The molecule has 3 rings (SSSR count). The number of benzene rings is 2. The molecule has 1 aliphatic rings. The van der Waals surface area contributed by atoms with Crippen LogP contribution in [0, 0.1) is 5.82 Å². The third kappa shape index (κ3) is 5.88. The molecule has 1 heterocycles. The van der Waals surface area contributed by atoms with Crippen molar-refractivity contribution < 1.29 is 23.5 Å². The maximum absolute atomic E-state index is 12.8. The molecule has 1 aliphatic heterocycles. The van der Waals surface area contributed by atoms with Crippen molar-refractivity contribution in [3.63, 3.8) is 0 Å². The number of rotatable bonds is 9. The van der Waals surface area contributed by atoms with Gasteiger partial charge in [0.05, 0.1) is 13.2 Å². The molecular weight excluding hydrogens is 375 g/mol. The number of unbranched alkanes of at least 4 members (excludes halogenated alkanes) is 1. The van der Waals surface area contributed by atoms with E-state index in [0.29, 0.717) is 24.5 Å². The van der Waals surface area contributed by atoms with Crippen LogP contribution in [0.1, 0.15) is 41.6 Å². The molecule has 0 spiro atoms. The minimum absolute atomic E-state index is 0.153. The van der Waals surface area contributed by atoms with Gasteiger partial charge in [-0.3, -0.25) is 19.3 Å². The first-order valence-corrected chi connectivity index (χ1v) is 9.61. The monoisotopic (exact) mass is 398 g/mol. The fourth-order valence-electron chi connectivity index (χ4n) is 3.00. The molecule has 0 saturated carbocycles. The summed E-state index contributed by atoms with van der Waals surface area (Å²) in [6.45, 7) is 1.25. The Labute approximate surface area is 168 Å². The van der Waals surface area contributed by atoms with Crippen LogP contribution >= 0.6 is 0 Å². The van der Waals surface area contributed by atoms with E-state index >= 15 is 0 Å². The summed E-state index contributed by atoms with van der Waals surface area (Å²) in [5.41, 5.74) is 1.33. The number of imide groups is 1. The fraction of sp³-hybridized carbons (Fsp3) is 0.318. The van der Waals surface area contributed by atoms with Crippen molar-refractivity contribution in [2.75, 3.05) is 13.2 Å². The van der Waals surface area contributed by atoms with E-state index in [9.17, 15) is 18.8 Å². The quantitative estimate of drug-likeness (QED) is 0.520. The number of carbonyl (C=O) groups is 3. The van der Waals surface area contributed by atoms with Gasteiger partial charge in [0.25, 0.3) is 5.91 Å². The smallest absolute Gasteiger partial charge is 0.251 e. The SMILES string of the molecule is O=C(NCCCCOc1ccc(F)cc1)c1ccc(CN2C(=O)CCC2=O)cc1. The topological polar surface area (TPSA) is 75.7 Å². The molecule has 2 aromatic rings. The summed E-state index contributed by atoms with van der Waals surface area (Å²) in [4.78, 5) is 36.8. The highest BCUT2D eigenvalue weighted by Crippen LogP contribution is 2.16. The second kappa shape index (κ2) is 9.82. The molecule has 0 unspecified atom stereocenters. The van der Waals surface area contributed by atoms with Crippen LogP contribution in [0.3, 0.4) is 0 Å². The summed E-state index contributed by atoms with van der Waals surface area (Å²) in [7, 11) is 0. The van der Waals surface area contributed by atoms with Gasteiger partial charge in [0.2, 0.25) is 11.8 Å². The number of nitrogens with one attached hydrogen (secondary N) is 1. The predicted molar refractivity (Wildman–Crippen MR) is 105 cm³/mol. The van der Waals surface area contributed by atoms with E-state index in [1.807, 2.05) is 0 Å². The van der Waals surface area contributed by atoms with Crippen LogP contribution < -0.4 is 10.1 Å². The summed E-state index contributed by atoms with van der Waals surface area (Å²) in [6.07, 6.45) is 2.06. The van der Waals surface area contributed by atoms with Gasteiger partial charge in [-0.2, -0.15) is 0 Å². The van der Waals surface area contributed by atoms with Crippen LogP contribution in [0.2, 0.25) is 0 Å². The minimum Gasteiger partial charge on any atom is -0.494 e. The van der Waals surface area contributed by atoms with E-state index in [0.717, 1.165) is 18.4 Å². The molecule has 3 amide bonds. The Morgan fingerprint density at radius 3 is 2.28 bits per heavy atom. The Morgan fingerprint density at radius 2 is 1.62 bits per heavy atom. The summed E-state index contributed by atoms with van der Waals surface area (Å²) in [5, 5.41) is 2.85. The molecule has 0 atom stereocenters. The molecule has 0 aliphatic carbocycles. The fourth-order valence-corrected chi connectivity index (χ4v) is 3.00. The number of hydrogen-bond acceptors (Lipinski definition) is 4. The maximum Gasteiger partial charge on any atom is 0.251 e. The van der Waals surface area contributed by atoms with Crippen LogP contribution in [0.15, 0.2) is 48.5 Å². The average molecular weight is 398 g/mol. The van der Waals surface area contributed by atoms with Gasteiger partial charge in [-0.1, -0.05) is 12.1 Å². The van der Waals surface area contributed by atoms with E-state index in [1.54, 1.807) is 36.4 Å². The van der Waals surface area contributed by atoms with Gasteiger partial charge in [0, 0.05) is 24.9 Å². The Bertz CT molecular complexity index is 849. The molecule has 1 N–H and O–H groups in total. The molecule has 0 radical (unpaired) electrons. The molecule has 1 saturated heterocycles. The Morgan fingerprint density at radius 1 is 0.966 bits per heavy atom. The number of amides is 3. The number of halogens is 1. The largest absolute Gasteiger partial charge is 0.494 e. The molecular formula is C22H23FN2O4. The minimum atomic E-state index is -0.300. The summed E-state index contributed by atoms with van der Waals surface area (Å²) >= 11 is 0. The summed E-state index contributed by atoms with van der Waals surface area (Å²) < 4.78 is 18.3. The molecule has 6 nitrogen and oxygen atoms in total. The lowest BCUT2D eigenvalue weighted by Crippen LogP contribution is -2.28. The highest BCUT2D eigenvalue weighted by molar-refractivity contribution is 6.01. The van der Waals surface area contributed by atoms with Crippen LogP contribution in [-0.4, -0.2) is 35.8 Å². The van der Waals surface area contributed by atoms with Crippen molar-refractivity contribution in [3.05, 3.63) is 65.5 Å². The highest BCUT2D eigenvalue weighted by atomic mass is 19.1. The normalized spacial score (nSPS) is 13.6. The third-order valence-corrected chi connectivity index (χ3v) is 4.65. The van der Waals surface area contributed by atoms with Gasteiger partial charge in [0.15, 0.2) is 0 Å². The van der Waals surface area contributed by atoms with Gasteiger partial charge in [-0.05, 0) is 54.8 Å². The number of ether oxygens (including phenoxy) is 1. The first-order chi connectivity index (χ1) is 14.0. The van der Waals surface area contributed by atoms with Crippen molar-refractivity contribution in [1.82, 2.24) is 10.2 Å². The number of carbonyl (C=O) groups excluding carboxylic acids is 3. The average Bonchev–Trinajstić information content (AvgIpc) is 3.04. The van der Waals surface area contributed by atoms with E-state index < -0.39 is 0 Å². The van der Waals surface area contributed by atoms with E-state index in [2.05, 4.69) is 5.32 Å². The van der Waals surface area contributed by atoms with Crippen LogP contribution in [0.25, 0.3) is 0 Å². The lowest BCUT2D eigenvalue weighted by atomic mass is 10.1. The molecule has 2 aromatic carbocycles. The molecule has 1 fully saturated rings. The Balaban J connectivity index is 1.35. The molecule has 29 heavy (non-hydrogen) atoms. The van der Waals surface area contributed by atoms with Crippen LogP contribution in [0.4, 0.5) is 4.39 Å². The highest BCUT2D eigenvalue weighted by Gasteiger charge is 2.28. The van der Waals surface area contributed by atoms with E-state index in [4.69, 9.17) is 4.74 Å². The maximum atomic E-state index is 12.8. The molecule has 152 valence electrons. The first kappa shape index (κ1) is 20.5. The number of likely N-dealkylation sites (tertiary alicyclic amines) is 1. The molecule has 7 heteroatoms. The van der Waals surface area contributed by atoms with E-state index in [-0.39, 0.29) is 42.9 Å². The van der Waals surface area contributed by atoms with Crippen molar-refractivity contribution in [2.45, 2.75) is 32.2 Å². The second-order valence-corrected chi connectivity index (χ2v) is 6.84. The standard InChI is InChI=1S/C22H23FN2O4/c23-18-7-9-19(10-8-18)29-14-2-1-13-24-22(28)17-5-3-16(4-6-17)15-25-20(26)11-12-21(25)27/h3-10H,1-2,11-15H2,(H,24,28). The van der Waals surface area contributed by atoms with Crippen molar-refractivity contribution in [2.24, 2.45) is 0 Å². The van der Waals surface area contributed by atoms with Crippen LogP contribution in [0.5, 0.6) is 5.75 Å². The number of hydrogen-bond donors (Lipinski definition) is 1. The zero-order valence-corrected chi connectivity index (χ0v) is 16.0. The van der Waals surface area contributed by atoms with Gasteiger partial charge >= 0.3 is 0 Å². The zero-order valence-electron chi connectivity index (χ0n) is 16.0. The summed E-state index contributed by atoms with van der Waals surface area (Å²) in [6, 6.07) is 12.7. The molecule has 0 bridgehead atoms. The Kier molecular flexibility index (Phi) is 6.94. The number of nitrogens with zero attached hydrogens (tertiary/aromatic N) is 1. The third-order valence-electron chi connectivity index (χ3n) is 4.65. The first-order valence-electron chi connectivity index (χ1n) is 9.61. The zero-order chi connectivity index (χ0) is 20.6. The lowest BCUT2D eigenvalue weighted by molar-refractivity contribution is -0.139. The Hall–Kier alpha value is -3.22. The summed E-state index contributed by atoms with van der Waals surface area (Å²) in [5.74, 6) is -0.163. The lowest BCUT2D eigenvalue weighted by Gasteiger charge is -2.14. The van der Waals surface area contributed by atoms with Crippen LogP contribution in [-0.2, 0) is 16.1 Å². The van der Waals surface area contributed by atoms with Gasteiger partial charge in [-0.15, -0.1) is 0 Å². The second-order valence-electron chi connectivity index (χ2n) is 6.84. The molecule has 0 aromatic heterocycles. The van der Waals surface area contributed by atoms with Gasteiger partial charge < -0.3 is 10.1 Å². The van der Waals surface area contributed by atoms with Crippen molar-refractivity contribution in [1.29, 1.82) is 0 Å². The van der Waals surface area contributed by atoms with Gasteiger partial charge in [-0.25, -0.2) is 4.39 Å². The predicted octanol–water partition coefficient (Wildman–Crippen LogP) is 3.06. The van der Waals surface area contributed by atoms with Gasteiger partial charge in [0.1, 0.15) is 11.6 Å². The van der Waals surface area contributed by atoms with Crippen molar-refractivity contribution >= 4 is 17.7 Å². The van der Waals surface area contributed by atoms with Crippen molar-refractivity contribution in [3.8, 4) is 5.75 Å².